The molecule has 2 rings (SSSR count). The summed E-state index contributed by atoms with van der Waals surface area (Å²) >= 11 is 0. The molecule has 1 heterocycles. The second-order valence-corrected chi connectivity index (χ2v) is 6.55. The molecular weight excluding hydrogens is 358 g/mol. The molecule has 150 valence electrons. The van der Waals surface area contributed by atoms with Crippen LogP contribution in [0.25, 0.3) is 0 Å². The van der Waals surface area contributed by atoms with Gasteiger partial charge in [-0.1, -0.05) is 13.8 Å². The Labute approximate surface area is 165 Å². The van der Waals surface area contributed by atoms with Gasteiger partial charge in [0.1, 0.15) is 11.5 Å². The first kappa shape index (κ1) is 21.2. The summed E-state index contributed by atoms with van der Waals surface area (Å²) in [6.45, 7) is 8.48. The molecule has 7 heteroatoms. The Morgan fingerprint density at radius 3 is 2.00 bits per heavy atom. The third kappa shape index (κ3) is 5.97. The lowest BCUT2D eigenvalue weighted by Gasteiger charge is -2.18. The molecular formula is C21H27N3O4. The SMILES string of the molecule is CCOc1cc(NC(=O)c2ccncc2)c(OCC)cc1NC(=O)CC(C)C. The van der Waals surface area contributed by atoms with Gasteiger partial charge in [0.05, 0.1) is 24.6 Å². The van der Waals surface area contributed by atoms with Crippen molar-refractivity contribution in [1.82, 2.24) is 4.98 Å². The molecule has 0 aliphatic carbocycles. The predicted molar refractivity (Wildman–Crippen MR) is 109 cm³/mol. The molecule has 0 saturated carbocycles. The van der Waals surface area contributed by atoms with E-state index in [1.807, 2.05) is 27.7 Å². The van der Waals surface area contributed by atoms with Gasteiger partial charge in [-0.25, -0.2) is 0 Å². The monoisotopic (exact) mass is 385 g/mol. The predicted octanol–water partition coefficient (Wildman–Crippen LogP) is 4.12. The van der Waals surface area contributed by atoms with E-state index in [1.165, 1.54) is 0 Å². The van der Waals surface area contributed by atoms with Gasteiger partial charge in [0.25, 0.3) is 5.91 Å². The van der Waals surface area contributed by atoms with Crippen molar-refractivity contribution in [2.45, 2.75) is 34.1 Å². The Balaban J connectivity index is 2.34. The van der Waals surface area contributed by atoms with Crippen LogP contribution in [0.3, 0.4) is 0 Å². The van der Waals surface area contributed by atoms with E-state index in [0.717, 1.165) is 0 Å². The minimum Gasteiger partial charge on any atom is -0.492 e. The lowest BCUT2D eigenvalue weighted by Crippen LogP contribution is -2.16. The summed E-state index contributed by atoms with van der Waals surface area (Å²) in [5.74, 6) is 0.761. The molecule has 0 aliphatic heterocycles. The number of hydrogen-bond acceptors (Lipinski definition) is 5. The van der Waals surface area contributed by atoms with E-state index in [0.29, 0.717) is 48.1 Å². The van der Waals surface area contributed by atoms with Gasteiger partial charge in [-0.05, 0) is 31.9 Å². The van der Waals surface area contributed by atoms with Crippen molar-refractivity contribution in [3.63, 3.8) is 0 Å². The first-order valence-electron chi connectivity index (χ1n) is 9.39. The number of ether oxygens (including phenoxy) is 2. The lowest BCUT2D eigenvalue weighted by molar-refractivity contribution is -0.116. The van der Waals surface area contributed by atoms with E-state index in [4.69, 9.17) is 9.47 Å². The number of carbonyl (C=O) groups excluding carboxylic acids is 2. The van der Waals surface area contributed by atoms with Crippen molar-refractivity contribution in [1.29, 1.82) is 0 Å². The van der Waals surface area contributed by atoms with Crippen molar-refractivity contribution in [2.75, 3.05) is 23.8 Å². The fraction of sp³-hybridized carbons (Fsp3) is 0.381. The number of aromatic nitrogens is 1. The molecule has 0 bridgehead atoms. The first-order chi connectivity index (χ1) is 13.4. The third-order valence-corrected chi connectivity index (χ3v) is 3.74. The topological polar surface area (TPSA) is 89.6 Å². The van der Waals surface area contributed by atoms with E-state index >= 15 is 0 Å². The highest BCUT2D eigenvalue weighted by Crippen LogP contribution is 2.37. The van der Waals surface area contributed by atoms with Gasteiger partial charge >= 0.3 is 0 Å². The highest BCUT2D eigenvalue weighted by molar-refractivity contribution is 6.05. The van der Waals surface area contributed by atoms with Gasteiger partial charge in [0.2, 0.25) is 5.91 Å². The quantitative estimate of drug-likeness (QED) is 0.678. The summed E-state index contributed by atoms with van der Waals surface area (Å²) in [7, 11) is 0. The number of nitrogens with zero attached hydrogens (tertiary/aromatic N) is 1. The van der Waals surface area contributed by atoms with Gasteiger partial charge in [0.15, 0.2) is 0 Å². The number of carbonyl (C=O) groups is 2. The smallest absolute Gasteiger partial charge is 0.255 e. The zero-order valence-electron chi connectivity index (χ0n) is 16.7. The van der Waals surface area contributed by atoms with E-state index in [2.05, 4.69) is 15.6 Å². The van der Waals surface area contributed by atoms with Crippen molar-refractivity contribution >= 4 is 23.2 Å². The summed E-state index contributed by atoms with van der Waals surface area (Å²) in [6.07, 6.45) is 3.50. The maximum absolute atomic E-state index is 12.5. The van der Waals surface area contributed by atoms with Crippen LogP contribution in [0.2, 0.25) is 0 Å². The fourth-order valence-corrected chi connectivity index (χ4v) is 2.57. The molecule has 0 fully saturated rings. The van der Waals surface area contributed by atoms with Crippen LogP contribution < -0.4 is 20.1 Å². The summed E-state index contributed by atoms with van der Waals surface area (Å²) in [4.78, 5) is 28.6. The summed E-state index contributed by atoms with van der Waals surface area (Å²) in [5, 5.41) is 5.71. The summed E-state index contributed by atoms with van der Waals surface area (Å²) in [5.41, 5.74) is 1.46. The maximum Gasteiger partial charge on any atom is 0.255 e. The zero-order valence-corrected chi connectivity index (χ0v) is 16.7. The van der Waals surface area contributed by atoms with Crippen LogP contribution in [0.5, 0.6) is 11.5 Å². The molecule has 28 heavy (non-hydrogen) atoms. The Morgan fingerprint density at radius 1 is 0.964 bits per heavy atom. The number of pyridine rings is 1. The Kier molecular flexibility index (Phi) is 7.80. The molecule has 0 aliphatic rings. The summed E-state index contributed by atoms with van der Waals surface area (Å²) < 4.78 is 11.3. The molecule has 0 radical (unpaired) electrons. The minimum absolute atomic E-state index is 0.105. The van der Waals surface area contributed by atoms with Crippen molar-refractivity contribution in [3.8, 4) is 11.5 Å². The van der Waals surface area contributed by atoms with E-state index in [1.54, 1.807) is 36.7 Å². The number of hydrogen-bond donors (Lipinski definition) is 2. The number of nitrogens with one attached hydrogen (secondary N) is 2. The third-order valence-electron chi connectivity index (χ3n) is 3.74. The van der Waals surface area contributed by atoms with Crippen molar-refractivity contribution < 1.29 is 19.1 Å². The van der Waals surface area contributed by atoms with Gasteiger partial charge in [-0.15, -0.1) is 0 Å². The fourth-order valence-electron chi connectivity index (χ4n) is 2.57. The molecule has 7 nitrogen and oxygen atoms in total. The first-order valence-corrected chi connectivity index (χ1v) is 9.39. The van der Waals surface area contributed by atoms with Gasteiger partial charge in [-0.3, -0.25) is 14.6 Å². The van der Waals surface area contributed by atoms with Gasteiger partial charge in [-0.2, -0.15) is 0 Å². The Hall–Kier alpha value is -3.09. The Bertz CT molecular complexity index is 807. The molecule has 2 aromatic rings. The number of amides is 2. The second kappa shape index (κ2) is 10.3. The number of benzene rings is 1. The minimum atomic E-state index is -0.289. The molecule has 2 N–H and O–H groups in total. The number of rotatable bonds is 9. The van der Waals surface area contributed by atoms with Crippen molar-refractivity contribution in [3.05, 3.63) is 42.2 Å². The average molecular weight is 385 g/mol. The normalized spacial score (nSPS) is 10.5. The van der Waals surface area contributed by atoms with Crippen LogP contribution in [0.15, 0.2) is 36.7 Å². The van der Waals surface area contributed by atoms with Crippen LogP contribution in [0.1, 0.15) is 44.5 Å². The second-order valence-electron chi connectivity index (χ2n) is 6.55. The molecule has 1 aromatic carbocycles. The van der Waals surface area contributed by atoms with E-state index < -0.39 is 0 Å². The largest absolute Gasteiger partial charge is 0.492 e. The van der Waals surface area contributed by atoms with Crippen molar-refractivity contribution in [2.24, 2.45) is 5.92 Å². The van der Waals surface area contributed by atoms with Crippen LogP contribution in [0, 0.1) is 5.92 Å². The van der Waals surface area contributed by atoms with E-state index in [-0.39, 0.29) is 17.7 Å². The zero-order chi connectivity index (χ0) is 20.5. The standard InChI is InChI=1S/C21H27N3O4/c1-5-27-18-13-17(24-21(26)15-7-9-22-10-8-15)19(28-6-2)12-16(18)23-20(25)11-14(3)4/h7-10,12-14H,5-6,11H2,1-4H3,(H,23,25)(H,24,26). The molecule has 2 amide bonds. The van der Waals surface area contributed by atoms with E-state index in [9.17, 15) is 9.59 Å². The highest BCUT2D eigenvalue weighted by atomic mass is 16.5. The number of anilines is 2. The van der Waals surface area contributed by atoms with Crippen LogP contribution in [-0.2, 0) is 4.79 Å². The van der Waals surface area contributed by atoms with Crippen LogP contribution in [-0.4, -0.2) is 30.0 Å². The maximum atomic E-state index is 12.5. The summed E-state index contributed by atoms with van der Waals surface area (Å²) in [6, 6.07) is 6.59. The van der Waals surface area contributed by atoms with Gasteiger partial charge in [0, 0.05) is 36.5 Å². The Morgan fingerprint density at radius 2 is 1.50 bits per heavy atom. The molecule has 1 aromatic heterocycles. The van der Waals surface area contributed by atoms with Crippen LogP contribution in [0.4, 0.5) is 11.4 Å². The molecule has 0 spiro atoms. The highest BCUT2D eigenvalue weighted by Gasteiger charge is 2.17. The lowest BCUT2D eigenvalue weighted by atomic mass is 10.1. The average Bonchev–Trinajstić information content (AvgIpc) is 2.65. The van der Waals surface area contributed by atoms with Gasteiger partial charge < -0.3 is 20.1 Å². The molecule has 0 saturated heterocycles. The molecule has 0 atom stereocenters. The molecule has 0 unspecified atom stereocenters. The van der Waals surface area contributed by atoms with Crippen LogP contribution >= 0.6 is 0 Å².